The number of rotatable bonds is 3. The van der Waals surface area contributed by atoms with Gasteiger partial charge >= 0.3 is 0 Å². The predicted molar refractivity (Wildman–Crippen MR) is 154 cm³/mol. The molecule has 4 aromatic rings. The highest BCUT2D eigenvalue weighted by Gasteiger charge is 2.17. The van der Waals surface area contributed by atoms with Gasteiger partial charge in [-0.3, -0.25) is 9.69 Å². The van der Waals surface area contributed by atoms with E-state index >= 15 is 0 Å². The van der Waals surface area contributed by atoms with Gasteiger partial charge in [-0.05, 0) is 74.0 Å². The number of hydrogen-bond donors (Lipinski definition) is 1. The Morgan fingerprint density at radius 2 is 1.69 bits per heavy atom. The number of carbonyl (C=O) groups excluding carboxylic acids is 1. The highest BCUT2D eigenvalue weighted by molar-refractivity contribution is 6.31. The zero-order valence-electron chi connectivity index (χ0n) is 21.5. The lowest BCUT2D eigenvalue weighted by atomic mass is 10.2. The van der Waals surface area contributed by atoms with E-state index in [9.17, 15) is 4.79 Å². The minimum atomic E-state index is -0.151. The first-order valence-corrected chi connectivity index (χ1v) is 13.8. The van der Waals surface area contributed by atoms with Crippen molar-refractivity contribution in [3.8, 4) is 23.1 Å². The van der Waals surface area contributed by atoms with Crippen LogP contribution in [0.3, 0.4) is 0 Å². The van der Waals surface area contributed by atoms with Crippen LogP contribution in [0.15, 0.2) is 79.1 Å². The van der Waals surface area contributed by atoms with Crippen molar-refractivity contribution in [2.75, 3.05) is 25.0 Å². The summed E-state index contributed by atoms with van der Waals surface area (Å²) >= 11 is 12.3. The van der Waals surface area contributed by atoms with E-state index in [-0.39, 0.29) is 12.5 Å². The van der Waals surface area contributed by atoms with Crippen LogP contribution in [0.4, 0.5) is 5.69 Å². The molecule has 0 atom stereocenters. The number of amides is 1. The lowest BCUT2D eigenvalue weighted by Gasteiger charge is -2.23. The Hall–Kier alpha value is -3.52. The minimum absolute atomic E-state index is 0.151. The van der Waals surface area contributed by atoms with E-state index in [1.54, 1.807) is 24.4 Å². The summed E-state index contributed by atoms with van der Waals surface area (Å²) in [6.07, 6.45) is 7.58. The lowest BCUT2D eigenvalue weighted by molar-refractivity contribution is -0.117. The SMILES string of the molecule is O=C1CN(Cc2cccn2-c2ccc(Cl)cn2)CCCCCCOc2ccccc2Oc2ccc(Cl)cc2N1. The molecule has 1 aliphatic heterocycles. The fourth-order valence-corrected chi connectivity index (χ4v) is 4.83. The molecule has 9 heteroatoms. The maximum atomic E-state index is 13.3. The molecule has 0 spiro atoms. The smallest absolute Gasteiger partial charge is 0.238 e. The average Bonchev–Trinajstić information content (AvgIpc) is 3.38. The molecular formula is C30H30Cl2N4O3. The molecular weight excluding hydrogens is 535 g/mol. The summed E-state index contributed by atoms with van der Waals surface area (Å²) in [5.41, 5.74) is 1.53. The van der Waals surface area contributed by atoms with E-state index in [4.69, 9.17) is 32.7 Å². The summed E-state index contributed by atoms with van der Waals surface area (Å²) in [6.45, 7) is 2.18. The van der Waals surface area contributed by atoms with Crippen molar-refractivity contribution in [1.29, 1.82) is 0 Å². The number of hydrogen-bond acceptors (Lipinski definition) is 5. The number of halogens is 2. The van der Waals surface area contributed by atoms with Gasteiger partial charge in [0.1, 0.15) is 5.82 Å². The van der Waals surface area contributed by atoms with E-state index in [1.165, 1.54) is 0 Å². The lowest BCUT2D eigenvalue weighted by Crippen LogP contribution is -2.34. The molecule has 0 bridgehead atoms. The van der Waals surface area contributed by atoms with Crippen molar-refractivity contribution in [3.05, 3.63) is 94.9 Å². The Morgan fingerprint density at radius 1 is 0.872 bits per heavy atom. The molecule has 39 heavy (non-hydrogen) atoms. The van der Waals surface area contributed by atoms with E-state index in [1.807, 2.05) is 59.3 Å². The van der Waals surface area contributed by atoms with Gasteiger partial charge in [-0.25, -0.2) is 4.98 Å². The average molecular weight is 566 g/mol. The first-order valence-electron chi connectivity index (χ1n) is 13.0. The molecule has 5 rings (SSSR count). The first-order chi connectivity index (χ1) is 19.0. The Kier molecular flexibility index (Phi) is 9.04. The van der Waals surface area contributed by atoms with Crippen LogP contribution >= 0.6 is 23.2 Å². The largest absolute Gasteiger partial charge is 0.490 e. The van der Waals surface area contributed by atoms with Crippen LogP contribution in [0, 0.1) is 0 Å². The molecule has 2 aromatic heterocycles. The fourth-order valence-electron chi connectivity index (χ4n) is 4.55. The number of nitrogens with one attached hydrogen (secondary N) is 1. The summed E-state index contributed by atoms with van der Waals surface area (Å²) in [5.74, 6) is 2.37. The van der Waals surface area contributed by atoms with Gasteiger partial charge in [-0.2, -0.15) is 0 Å². The quantitative estimate of drug-likeness (QED) is 0.281. The van der Waals surface area contributed by atoms with Gasteiger partial charge in [0.2, 0.25) is 5.91 Å². The Labute approximate surface area is 238 Å². The molecule has 1 N–H and O–H groups in total. The molecule has 0 saturated heterocycles. The van der Waals surface area contributed by atoms with Crippen LogP contribution in [0.25, 0.3) is 5.82 Å². The Bertz CT molecular complexity index is 1410. The molecule has 2 aromatic carbocycles. The van der Waals surface area contributed by atoms with Crippen LogP contribution in [-0.4, -0.2) is 40.1 Å². The molecule has 1 aliphatic rings. The zero-order valence-corrected chi connectivity index (χ0v) is 23.0. The van der Waals surface area contributed by atoms with Gasteiger partial charge in [-0.1, -0.05) is 48.2 Å². The minimum Gasteiger partial charge on any atom is -0.490 e. The van der Waals surface area contributed by atoms with Gasteiger partial charge in [0.15, 0.2) is 17.2 Å². The van der Waals surface area contributed by atoms with Crippen LogP contribution in [-0.2, 0) is 11.3 Å². The highest BCUT2D eigenvalue weighted by Crippen LogP contribution is 2.36. The van der Waals surface area contributed by atoms with Crippen molar-refractivity contribution >= 4 is 34.8 Å². The molecule has 3 heterocycles. The summed E-state index contributed by atoms with van der Waals surface area (Å²) in [4.78, 5) is 19.9. The third-order valence-corrected chi connectivity index (χ3v) is 6.91. The van der Waals surface area contributed by atoms with Gasteiger partial charge in [-0.15, -0.1) is 0 Å². The Morgan fingerprint density at radius 3 is 2.54 bits per heavy atom. The number of benzene rings is 2. The van der Waals surface area contributed by atoms with Crippen molar-refractivity contribution < 1.29 is 14.3 Å². The second-order valence-electron chi connectivity index (χ2n) is 9.41. The maximum Gasteiger partial charge on any atom is 0.238 e. The standard InChI is InChI=1S/C30H30Cl2N4O3/c31-22-11-13-26-25(18-22)34-30(37)21-35(20-24-8-7-16-36(24)29-14-12-23(32)19-33-29)15-5-1-2-6-17-38-27-9-3-4-10-28(27)39-26/h3-4,7-14,16,18-19H,1-2,5-6,15,17,20-21H2,(H,34,37). The van der Waals surface area contributed by atoms with Crippen LogP contribution < -0.4 is 14.8 Å². The van der Waals surface area contributed by atoms with Gasteiger partial charge in [0, 0.05) is 29.7 Å². The van der Waals surface area contributed by atoms with Crippen molar-refractivity contribution in [2.45, 2.75) is 32.2 Å². The van der Waals surface area contributed by atoms with Crippen LogP contribution in [0.5, 0.6) is 17.2 Å². The van der Waals surface area contributed by atoms with Crippen molar-refractivity contribution in [1.82, 2.24) is 14.5 Å². The topological polar surface area (TPSA) is 68.6 Å². The van der Waals surface area contributed by atoms with Crippen LogP contribution in [0.1, 0.15) is 31.4 Å². The predicted octanol–water partition coefficient (Wildman–Crippen LogP) is 7.36. The maximum absolute atomic E-state index is 13.3. The molecule has 202 valence electrons. The van der Waals surface area contributed by atoms with Gasteiger partial charge < -0.3 is 19.4 Å². The zero-order chi connectivity index (χ0) is 27.0. The van der Waals surface area contributed by atoms with E-state index in [2.05, 4.69) is 15.2 Å². The number of carbonyl (C=O) groups is 1. The fraction of sp³-hybridized carbons (Fsp3) is 0.267. The molecule has 0 saturated carbocycles. The summed E-state index contributed by atoms with van der Waals surface area (Å²) in [5, 5.41) is 4.10. The van der Waals surface area contributed by atoms with E-state index < -0.39 is 0 Å². The number of pyridine rings is 1. The number of aromatic nitrogens is 2. The van der Waals surface area contributed by atoms with E-state index in [0.717, 1.165) is 43.7 Å². The first kappa shape index (κ1) is 27.1. The third kappa shape index (κ3) is 7.32. The second-order valence-corrected chi connectivity index (χ2v) is 10.3. The van der Waals surface area contributed by atoms with Crippen molar-refractivity contribution in [2.24, 2.45) is 0 Å². The van der Waals surface area contributed by atoms with Gasteiger partial charge in [0.05, 0.1) is 23.9 Å². The number of anilines is 1. The van der Waals surface area contributed by atoms with Crippen LogP contribution in [0.2, 0.25) is 10.0 Å². The monoisotopic (exact) mass is 564 g/mol. The molecule has 7 nitrogen and oxygen atoms in total. The number of fused-ring (bicyclic) bond motifs is 2. The van der Waals surface area contributed by atoms with Gasteiger partial charge in [0.25, 0.3) is 0 Å². The molecule has 0 unspecified atom stereocenters. The third-order valence-electron chi connectivity index (χ3n) is 6.46. The number of nitrogens with zero attached hydrogens (tertiary/aromatic N) is 3. The molecule has 0 fully saturated rings. The second kappa shape index (κ2) is 13.0. The number of para-hydroxylation sites is 2. The molecule has 0 radical (unpaired) electrons. The number of ether oxygens (including phenoxy) is 2. The molecule has 1 amide bonds. The summed E-state index contributed by atoms with van der Waals surface area (Å²) in [6, 6.07) is 20.5. The summed E-state index contributed by atoms with van der Waals surface area (Å²) in [7, 11) is 0. The Balaban J connectivity index is 1.38. The van der Waals surface area contributed by atoms with Crippen molar-refractivity contribution in [3.63, 3.8) is 0 Å². The normalized spacial score (nSPS) is 15.4. The molecule has 0 aliphatic carbocycles. The highest BCUT2D eigenvalue weighted by atomic mass is 35.5. The van der Waals surface area contributed by atoms with E-state index in [0.29, 0.717) is 46.1 Å². The summed E-state index contributed by atoms with van der Waals surface area (Å²) < 4.78 is 14.3.